The predicted molar refractivity (Wildman–Crippen MR) is 59.8 cm³/mol. The van der Waals surface area contributed by atoms with E-state index in [9.17, 15) is 4.79 Å². The van der Waals surface area contributed by atoms with Crippen molar-refractivity contribution in [3.05, 3.63) is 29.8 Å². The van der Waals surface area contributed by atoms with Crippen molar-refractivity contribution in [3.8, 4) is 5.75 Å². The van der Waals surface area contributed by atoms with E-state index in [1.165, 1.54) is 7.11 Å². The molecule has 0 fully saturated rings. The lowest BCUT2D eigenvalue weighted by Gasteiger charge is -2.06. The first-order valence-corrected chi connectivity index (χ1v) is 5.17. The van der Waals surface area contributed by atoms with E-state index in [0.717, 1.165) is 0 Å². The molecule has 0 amide bonds. The Morgan fingerprint density at radius 1 is 1.19 bits per heavy atom. The third-order valence-corrected chi connectivity index (χ3v) is 1.98. The molecule has 16 heavy (non-hydrogen) atoms. The quantitative estimate of drug-likeness (QED) is 0.546. The smallest absolute Gasteiger partial charge is 0.337 e. The number of hydrogen-bond acceptors (Lipinski definition) is 4. The molecule has 1 aromatic carbocycles. The van der Waals surface area contributed by atoms with Crippen molar-refractivity contribution in [2.75, 3.05) is 26.9 Å². The summed E-state index contributed by atoms with van der Waals surface area (Å²) in [6.07, 6.45) is 0. The number of carbonyl (C=O) groups is 1. The third kappa shape index (κ3) is 3.90. The Bertz CT molecular complexity index is 318. The second-order valence-corrected chi connectivity index (χ2v) is 3.06. The minimum atomic E-state index is -0.346. The van der Waals surface area contributed by atoms with Crippen LogP contribution < -0.4 is 4.74 Å². The molecule has 0 saturated heterocycles. The molecule has 88 valence electrons. The summed E-state index contributed by atoms with van der Waals surface area (Å²) in [5.74, 6) is 0.369. The summed E-state index contributed by atoms with van der Waals surface area (Å²) in [6.45, 7) is 3.69. The minimum absolute atomic E-state index is 0.346. The van der Waals surface area contributed by atoms with Gasteiger partial charge in [-0.3, -0.25) is 0 Å². The summed E-state index contributed by atoms with van der Waals surface area (Å²) in [7, 11) is 1.36. The summed E-state index contributed by atoms with van der Waals surface area (Å²) >= 11 is 0. The maximum atomic E-state index is 11.1. The molecule has 0 unspecified atom stereocenters. The van der Waals surface area contributed by atoms with Gasteiger partial charge in [0.05, 0.1) is 19.3 Å². The van der Waals surface area contributed by atoms with Crippen LogP contribution in [0, 0.1) is 0 Å². The Kier molecular flexibility index (Phi) is 5.36. The molecule has 0 saturated carbocycles. The minimum Gasteiger partial charge on any atom is -0.491 e. The highest BCUT2D eigenvalue weighted by atomic mass is 16.5. The fourth-order valence-electron chi connectivity index (χ4n) is 1.17. The van der Waals surface area contributed by atoms with Crippen LogP contribution in [0.2, 0.25) is 0 Å². The van der Waals surface area contributed by atoms with Gasteiger partial charge in [0.1, 0.15) is 12.4 Å². The molecule has 4 nitrogen and oxygen atoms in total. The van der Waals surface area contributed by atoms with Crippen LogP contribution in [0.1, 0.15) is 17.3 Å². The number of esters is 1. The van der Waals surface area contributed by atoms with Gasteiger partial charge in [-0.15, -0.1) is 0 Å². The van der Waals surface area contributed by atoms with Gasteiger partial charge >= 0.3 is 5.97 Å². The molecule has 0 heterocycles. The second-order valence-electron chi connectivity index (χ2n) is 3.06. The van der Waals surface area contributed by atoms with Crippen molar-refractivity contribution in [3.63, 3.8) is 0 Å². The lowest BCUT2D eigenvalue weighted by atomic mass is 10.2. The number of hydrogen-bond donors (Lipinski definition) is 0. The van der Waals surface area contributed by atoms with E-state index in [1.54, 1.807) is 24.3 Å². The lowest BCUT2D eigenvalue weighted by molar-refractivity contribution is 0.0600. The number of methoxy groups -OCH3 is 1. The fourth-order valence-corrected chi connectivity index (χ4v) is 1.17. The van der Waals surface area contributed by atoms with Gasteiger partial charge in [0.15, 0.2) is 0 Å². The molecule has 0 aliphatic rings. The molecular formula is C12H16O4. The number of benzene rings is 1. The first-order chi connectivity index (χ1) is 7.77. The van der Waals surface area contributed by atoms with Crippen molar-refractivity contribution in [1.82, 2.24) is 0 Å². The van der Waals surface area contributed by atoms with Gasteiger partial charge < -0.3 is 14.2 Å². The topological polar surface area (TPSA) is 44.8 Å². The second kappa shape index (κ2) is 6.85. The molecule has 0 aliphatic heterocycles. The van der Waals surface area contributed by atoms with Crippen LogP contribution in [0.3, 0.4) is 0 Å². The zero-order valence-corrected chi connectivity index (χ0v) is 9.56. The first kappa shape index (κ1) is 12.5. The van der Waals surface area contributed by atoms with Gasteiger partial charge in [-0.05, 0) is 31.2 Å². The molecule has 0 atom stereocenters. The normalized spacial score (nSPS) is 9.88. The SMILES string of the molecule is CCOCCOc1ccc(C(=O)OC)cc1. The summed E-state index contributed by atoms with van der Waals surface area (Å²) in [4.78, 5) is 11.1. The molecule has 1 aromatic rings. The van der Waals surface area contributed by atoms with Crippen LogP contribution in [0.15, 0.2) is 24.3 Å². The molecule has 4 heteroatoms. The molecule has 0 aromatic heterocycles. The van der Waals surface area contributed by atoms with E-state index >= 15 is 0 Å². The van der Waals surface area contributed by atoms with Gasteiger partial charge in [-0.25, -0.2) is 4.79 Å². The van der Waals surface area contributed by atoms with Crippen molar-refractivity contribution < 1.29 is 19.0 Å². The van der Waals surface area contributed by atoms with Crippen LogP contribution in [-0.2, 0) is 9.47 Å². The zero-order chi connectivity index (χ0) is 11.8. The van der Waals surface area contributed by atoms with Crippen molar-refractivity contribution >= 4 is 5.97 Å². The van der Waals surface area contributed by atoms with E-state index in [4.69, 9.17) is 9.47 Å². The van der Waals surface area contributed by atoms with Gasteiger partial charge in [-0.1, -0.05) is 0 Å². The van der Waals surface area contributed by atoms with Crippen LogP contribution in [0.5, 0.6) is 5.75 Å². The van der Waals surface area contributed by atoms with Crippen molar-refractivity contribution in [2.24, 2.45) is 0 Å². The lowest BCUT2D eigenvalue weighted by Crippen LogP contribution is -2.06. The van der Waals surface area contributed by atoms with Crippen LogP contribution in [0.25, 0.3) is 0 Å². The molecule has 1 rings (SSSR count). The molecule has 0 aliphatic carbocycles. The summed E-state index contributed by atoms with van der Waals surface area (Å²) in [5, 5.41) is 0. The van der Waals surface area contributed by atoms with E-state index < -0.39 is 0 Å². The zero-order valence-electron chi connectivity index (χ0n) is 9.56. The van der Waals surface area contributed by atoms with Gasteiger partial charge in [0, 0.05) is 6.61 Å². The summed E-state index contributed by atoms with van der Waals surface area (Å²) in [6, 6.07) is 6.81. The van der Waals surface area contributed by atoms with E-state index in [2.05, 4.69) is 4.74 Å². The van der Waals surface area contributed by atoms with E-state index in [-0.39, 0.29) is 5.97 Å². The standard InChI is InChI=1S/C12H16O4/c1-3-15-8-9-16-11-6-4-10(5-7-11)12(13)14-2/h4-7H,3,8-9H2,1-2H3. The number of carbonyl (C=O) groups excluding carboxylic acids is 1. The Balaban J connectivity index is 2.42. The summed E-state index contributed by atoms with van der Waals surface area (Å²) in [5.41, 5.74) is 0.514. The van der Waals surface area contributed by atoms with Gasteiger partial charge in [-0.2, -0.15) is 0 Å². The molecule has 0 bridgehead atoms. The third-order valence-electron chi connectivity index (χ3n) is 1.98. The highest BCUT2D eigenvalue weighted by molar-refractivity contribution is 5.89. The maximum absolute atomic E-state index is 11.1. The molecular weight excluding hydrogens is 208 g/mol. The summed E-state index contributed by atoms with van der Waals surface area (Å²) < 4.78 is 15.1. The van der Waals surface area contributed by atoms with Gasteiger partial charge in [0.25, 0.3) is 0 Å². The fraction of sp³-hybridized carbons (Fsp3) is 0.417. The largest absolute Gasteiger partial charge is 0.491 e. The molecule has 0 spiro atoms. The molecule has 0 radical (unpaired) electrons. The van der Waals surface area contributed by atoms with Crippen molar-refractivity contribution in [2.45, 2.75) is 6.92 Å². The van der Waals surface area contributed by atoms with Gasteiger partial charge in [0.2, 0.25) is 0 Å². The Morgan fingerprint density at radius 3 is 2.44 bits per heavy atom. The predicted octanol–water partition coefficient (Wildman–Crippen LogP) is 1.89. The highest BCUT2D eigenvalue weighted by Crippen LogP contribution is 2.12. The Hall–Kier alpha value is -1.55. The van der Waals surface area contributed by atoms with E-state index in [1.807, 2.05) is 6.92 Å². The first-order valence-electron chi connectivity index (χ1n) is 5.17. The van der Waals surface area contributed by atoms with E-state index in [0.29, 0.717) is 31.1 Å². The maximum Gasteiger partial charge on any atom is 0.337 e. The average molecular weight is 224 g/mol. The van der Waals surface area contributed by atoms with Crippen molar-refractivity contribution in [1.29, 1.82) is 0 Å². The molecule has 0 N–H and O–H groups in total. The average Bonchev–Trinajstić information content (AvgIpc) is 2.34. The number of ether oxygens (including phenoxy) is 3. The number of rotatable bonds is 6. The monoisotopic (exact) mass is 224 g/mol. The van der Waals surface area contributed by atoms with Crippen LogP contribution in [0.4, 0.5) is 0 Å². The Labute approximate surface area is 95.1 Å². The Morgan fingerprint density at radius 2 is 1.88 bits per heavy atom. The van der Waals surface area contributed by atoms with Crippen LogP contribution in [-0.4, -0.2) is 32.9 Å². The van der Waals surface area contributed by atoms with Crippen LogP contribution >= 0.6 is 0 Å². The highest BCUT2D eigenvalue weighted by Gasteiger charge is 2.04.